The van der Waals surface area contributed by atoms with Gasteiger partial charge in [0.2, 0.25) is 0 Å². The second-order valence-electron chi connectivity index (χ2n) is 3.76. The summed E-state index contributed by atoms with van der Waals surface area (Å²) in [5.41, 5.74) is 0.526. The van der Waals surface area contributed by atoms with Gasteiger partial charge in [0.25, 0.3) is 5.91 Å². The minimum absolute atomic E-state index is 0.149. The summed E-state index contributed by atoms with van der Waals surface area (Å²) < 4.78 is 13.6. The van der Waals surface area contributed by atoms with Gasteiger partial charge in [0.1, 0.15) is 6.17 Å². The monoisotopic (exact) mass is 305 g/mol. The molecule has 0 saturated carbocycles. The highest BCUT2D eigenvalue weighted by atomic mass is 79.9. The van der Waals surface area contributed by atoms with Gasteiger partial charge < -0.3 is 4.90 Å². The Morgan fingerprint density at radius 3 is 2.88 bits per heavy atom. The van der Waals surface area contributed by atoms with E-state index in [4.69, 9.17) is 11.6 Å². The van der Waals surface area contributed by atoms with E-state index >= 15 is 0 Å². The van der Waals surface area contributed by atoms with Crippen LogP contribution < -0.4 is 0 Å². The molecule has 2 rings (SSSR count). The Bertz CT molecular complexity index is 426. The van der Waals surface area contributed by atoms with Crippen molar-refractivity contribution in [1.29, 1.82) is 0 Å². The van der Waals surface area contributed by atoms with Crippen molar-refractivity contribution in [3.8, 4) is 0 Å². The van der Waals surface area contributed by atoms with Crippen molar-refractivity contribution in [1.82, 2.24) is 4.90 Å². The number of alkyl halides is 1. The van der Waals surface area contributed by atoms with Crippen molar-refractivity contribution in [2.24, 2.45) is 0 Å². The van der Waals surface area contributed by atoms with Crippen LogP contribution in [0.4, 0.5) is 4.39 Å². The first kappa shape index (κ1) is 11.9. The van der Waals surface area contributed by atoms with E-state index in [1.54, 1.807) is 18.2 Å². The summed E-state index contributed by atoms with van der Waals surface area (Å²) in [6, 6.07) is 4.97. The van der Waals surface area contributed by atoms with Crippen molar-refractivity contribution in [3.05, 3.63) is 33.3 Å². The van der Waals surface area contributed by atoms with Gasteiger partial charge in [0.15, 0.2) is 0 Å². The highest BCUT2D eigenvalue weighted by Crippen LogP contribution is 2.24. The summed E-state index contributed by atoms with van der Waals surface area (Å²) in [4.78, 5) is 13.5. The van der Waals surface area contributed by atoms with Crippen molar-refractivity contribution in [3.63, 3.8) is 0 Å². The number of halogens is 3. The molecule has 1 unspecified atom stereocenters. The first-order valence-electron chi connectivity index (χ1n) is 4.96. The lowest BCUT2D eigenvalue weighted by Crippen LogP contribution is -2.29. The third-order valence-electron chi connectivity index (χ3n) is 2.58. The number of likely N-dealkylation sites (tertiary alicyclic amines) is 1. The number of amides is 1. The SMILES string of the molecule is O=C(c1ccc(Cl)cc1Br)N1CCC(F)C1. The molecule has 0 aromatic heterocycles. The third kappa shape index (κ3) is 2.38. The summed E-state index contributed by atoms with van der Waals surface area (Å²) in [5.74, 6) is -0.149. The molecule has 86 valence electrons. The molecule has 0 N–H and O–H groups in total. The first-order valence-corrected chi connectivity index (χ1v) is 6.13. The van der Waals surface area contributed by atoms with Crippen LogP contribution in [0.15, 0.2) is 22.7 Å². The summed E-state index contributed by atoms with van der Waals surface area (Å²) in [6.45, 7) is 0.670. The largest absolute Gasteiger partial charge is 0.336 e. The molecule has 1 fully saturated rings. The second-order valence-corrected chi connectivity index (χ2v) is 5.05. The zero-order valence-corrected chi connectivity index (χ0v) is 10.8. The molecule has 1 aliphatic rings. The average Bonchev–Trinajstić information content (AvgIpc) is 2.64. The van der Waals surface area contributed by atoms with Crippen LogP contribution in [-0.4, -0.2) is 30.1 Å². The summed E-state index contributed by atoms with van der Waals surface area (Å²) >= 11 is 9.07. The van der Waals surface area contributed by atoms with Crippen LogP contribution in [0.25, 0.3) is 0 Å². The average molecular weight is 307 g/mol. The van der Waals surface area contributed by atoms with Crippen molar-refractivity contribution in [2.45, 2.75) is 12.6 Å². The van der Waals surface area contributed by atoms with E-state index in [0.29, 0.717) is 28.0 Å². The van der Waals surface area contributed by atoms with Crippen LogP contribution >= 0.6 is 27.5 Å². The molecule has 16 heavy (non-hydrogen) atoms. The van der Waals surface area contributed by atoms with Gasteiger partial charge in [-0.05, 0) is 40.5 Å². The fourth-order valence-electron chi connectivity index (χ4n) is 1.74. The predicted molar refractivity (Wildman–Crippen MR) is 64.6 cm³/mol. The lowest BCUT2D eigenvalue weighted by atomic mass is 10.2. The molecule has 1 aromatic rings. The van der Waals surface area contributed by atoms with E-state index < -0.39 is 6.17 Å². The van der Waals surface area contributed by atoms with Gasteiger partial charge >= 0.3 is 0 Å². The number of nitrogens with zero attached hydrogens (tertiary/aromatic N) is 1. The molecule has 1 aromatic carbocycles. The van der Waals surface area contributed by atoms with E-state index in [9.17, 15) is 9.18 Å². The summed E-state index contributed by atoms with van der Waals surface area (Å²) in [6.07, 6.45) is -0.466. The Hall–Kier alpha value is -0.610. The number of hydrogen-bond acceptors (Lipinski definition) is 1. The van der Waals surface area contributed by atoms with Crippen molar-refractivity contribution in [2.75, 3.05) is 13.1 Å². The molecule has 2 nitrogen and oxygen atoms in total. The minimum atomic E-state index is -0.893. The van der Waals surface area contributed by atoms with Gasteiger partial charge in [-0.1, -0.05) is 11.6 Å². The van der Waals surface area contributed by atoms with Crippen LogP contribution in [0.5, 0.6) is 0 Å². The number of carbonyl (C=O) groups is 1. The number of carbonyl (C=O) groups excluding carboxylic acids is 1. The lowest BCUT2D eigenvalue weighted by Gasteiger charge is -2.16. The molecule has 0 bridgehead atoms. The number of rotatable bonds is 1. The smallest absolute Gasteiger partial charge is 0.255 e. The Balaban J connectivity index is 2.21. The molecule has 1 heterocycles. The molecule has 0 spiro atoms. The van der Waals surface area contributed by atoms with Crippen LogP contribution in [0.2, 0.25) is 5.02 Å². The fraction of sp³-hybridized carbons (Fsp3) is 0.364. The van der Waals surface area contributed by atoms with Crippen LogP contribution in [0.3, 0.4) is 0 Å². The predicted octanol–water partition coefficient (Wildman–Crippen LogP) is 3.29. The van der Waals surface area contributed by atoms with Gasteiger partial charge in [0.05, 0.1) is 12.1 Å². The Labute approximate surface area is 107 Å². The molecule has 5 heteroatoms. The van der Waals surface area contributed by atoms with Crippen LogP contribution in [0.1, 0.15) is 16.8 Å². The minimum Gasteiger partial charge on any atom is -0.336 e. The standard InChI is InChI=1S/C11H10BrClFNO/c12-10-5-7(13)1-2-9(10)11(16)15-4-3-8(14)6-15/h1-2,5,8H,3-4,6H2. The zero-order chi connectivity index (χ0) is 11.7. The highest BCUT2D eigenvalue weighted by molar-refractivity contribution is 9.10. The van der Waals surface area contributed by atoms with Gasteiger partial charge in [-0.3, -0.25) is 4.79 Å². The Morgan fingerprint density at radius 2 is 2.31 bits per heavy atom. The molecular formula is C11H10BrClFNO. The van der Waals surface area contributed by atoms with Crippen molar-refractivity contribution < 1.29 is 9.18 Å². The van der Waals surface area contributed by atoms with Gasteiger partial charge in [0, 0.05) is 16.0 Å². The van der Waals surface area contributed by atoms with Gasteiger partial charge in [-0.15, -0.1) is 0 Å². The molecule has 1 atom stereocenters. The van der Waals surface area contributed by atoms with E-state index in [1.165, 1.54) is 4.90 Å². The maximum absolute atomic E-state index is 13.0. The van der Waals surface area contributed by atoms with E-state index in [0.717, 1.165) is 0 Å². The molecule has 1 amide bonds. The zero-order valence-electron chi connectivity index (χ0n) is 8.42. The molecule has 1 aliphatic heterocycles. The Morgan fingerprint density at radius 1 is 1.56 bits per heavy atom. The molecular weight excluding hydrogens is 296 g/mol. The van der Waals surface area contributed by atoms with Gasteiger partial charge in [-0.2, -0.15) is 0 Å². The van der Waals surface area contributed by atoms with Gasteiger partial charge in [-0.25, -0.2) is 4.39 Å². The maximum atomic E-state index is 13.0. The molecule has 1 saturated heterocycles. The Kier molecular flexibility index (Phi) is 3.50. The number of hydrogen-bond donors (Lipinski definition) is 0. The second kappa shape index (κ2) is 4.72. The van der Waals surface area contributed by atoms with Crippen LogP contribution in [0, 0.1) is 0 Å². The molecule has 0 aliphatic carbocycles. The summed E-state index contributed by atoms with van der Waals surface area (Å²) in [7, 11) is 0. The van der Waals surface area contributed by atoms with E-state index in [1.807, 2.05) is 0 Å². The normalized spacial score (nSPS) is 20.2. The number of benzene rings is 1. The highest BCUT2D eigenvalue weighted by Gasteiger charge is 2.27. The topological polar surface area (TPSA) is 20.3 Å². The van der Waals surface area contributed by atoms with E-state index in [2.05, 4.69) is 15.9 Å². The third-order valence-corrected chi connectivity index (χ3v) is 3.47. The summed E-state index contributed by atoms with van der Waals surface area (Å²) in [5, 5.41) is 0.563. The molecule has 0 radical (unpaired) electrons. The van der Waals surface area contributed by atoms with E-state index in [-0.39, 0.29) is 12.5 Å². The van der Waals surface area contributed by atoms with Crippen LogP contribution in [-0.2, 0) is 0 Å². The quantitative estimate of drug-likeness (QED) is 0.779. The van der Waals surface area contributed by atoms with Crippen molar-refractivity contribution >= 4 is 33.4 Å². The maximum Gasteiger partial charge on any atom is 0.255 e. The lowest BCUT2D eigenvalue weighted by molar-refractivity contribution is 0.0782. The first-order chi connectivity index (χ1) is 7.58. The fourth-order valence-corrected chi connectivity index (χ4v) is 2.59.